The zero-order valence-electron chi connectivity index (χ0n) is 10.9. The number of carbonyl (C=O) groups is 2. The van der Waals surface area contributed by atoms with Crippen LogP contribution in [-0.2, 0) is 10.3 Å². The molecule has 0 radical (unpaired) electrons. The molecule has 5 nitrogen and oxygen atoms in total. The van der Waals surface area contributed by atoms with Crippen molar-refractivity contribution in [2.24, 2.45) is 5.73 Å². The maximum atomic E-state index is 13.3. The highest BCUT2D eigenvalue weighted by Crippen LogP contribution is 2.32. The largest absolute Gasteiger partial charge is 0.330 e. The molecule has 1 heterocycles. The Labute approximate surface area is 110 Å². The van der Waals surface area contributed by atoms with Crippen LogP contribution in [-0.4, -0.2) is 30.4 Å². The number of imide groups is 1. The van der Waals surface area contributed by atoms with E-state index in [1.807, 2.05) is 0 Å². The summed E-state index contributed by atoms with van der Waals surface area (Å²) in [7, 11) is 1.41. The van der Waals surface area contributed by atoms with Crippen molar-refractivity contribution in [1.82, 2.24) is 10.2 Å². The Morgan fingerprint density at radius 3 is 2.58 bits per heavy atom. The number of benzene rings is 1. The standard InChI is InChI=1S/C13H16FN3O2/c1-8-7-9(3-4-10(8)14)13(5-6-15)11(18)17(2)12(19)16-13/h3-4,7H,5-6,15H2,1-2H3,(H,16,19). The van der Waals surface area contributed by atoms with Crippen LogP contribution in [0.2, 0.25) is 0 Å². The number of hydrogen-bond donors (Lipinski definition) is 2. The number of likely N-dealkylation sites (N-methyl/N-ethyl adjacent to an activating group) is 1. The maximum absolute atomic E-state index is 13.3. The summed E-state index contributed by atoms with van der Waals surface area (Å²) in [5.74, 6) is -0.717. The van der Waals surface area contributed by atoms with Crippen molar-refractivity contribution in [3.8, 4) is 0 Å². The van der Waals surface area contributed by atoms with Gasteiger partial charge in [-0.2, -0.15) is 0 Å². The second kappa shape index (κ2) is 4.62. The molecule has 1 unspecified atom stereocenters. The van der Waals surface area contributed by atoms with Gasteiger partial charge in [-0.15, -0.1) is 0 Å². The predicted octanol–water partition coefficient (Wildman–Crippen LogP) is 0.860. The molecule has 1 atom stereocenters. The van der Waals surface area contributed by atoms with E-state index in [4.69, 9.17) is 5.73 Å². The number of nitrogens with one attached hydrogen (secondary N) is 1. The SMILES string of the molecule is Cc1cc(C2(CCN)NC(=O)N(C)C2=O)ccc1F. The normalized spacial score (nSPS) is 22.8. The first-order valence-electron chi connectivity index (χ1n) is 5.99. The fourth-order valence-electron chi connectivity index (χ4n) is 2.33. The van der Waals surface area contributed by atoms with E-state index in [1.165, 1.54) is 19.2 Å². The van der Waals surface area contributed by atoms with Crippen molar-refractivity contribution in [3.05, 3.63) is 35.1 Å². The minimum Gasteiger partial charge on any atom is -0.330 e. The lowest BCUT2D eigenvalue weighted by Gasteiger charge is -2.26. The number of halogens is 1. The van der Waals surface area contributed by atoms with Gasteiger partial charge in [0.25, 0.3) is 5.91 Å². The quantitative estimate of drug-likeness (QED) is 0.796. The predicted molar refractivity (Wildman–Crippen MR) is 67.8 cm³/mol. The second-order valence-corrected chi connectivity index (χ2v) is 4.70. The van der Waals surface area contributed by atoms with Crippen LogP contribution in [0.1, 0.15) is 17.5 Å². The van der Waals surface area contributed by atoms with Gasteiger partial charge in [-0.25, -0.2) is 9.18 Å². The number of hydrogen-bond acceptors (Lipinski definition) is 3. The van der Waals surface area contributed by atoms with Gasteiger partial charge >= 0.3 is 6.03 Å². The van der Waals surface area contributed by atoms with Crippen LogP contribution in [0.5, 0.6) is 0 Å². The van der Waals surface area contributed by atoms with Gasteiger partial charge in [0.1, 0.15) is 11.4 Å². The molecule has 1 aliphatic heterocycles. The van der Waals surface area contributed by atoms with Crippen LogP contribution in [0.4, 0.5) is 9.18 Å². The molecule has 19 heavy (non-hydrogen) atoms. The van der Waals surface area contributed by atoms with E-state index in [2.05, 4.69) is 5.32 Å². The Kier molecular flexibility index (Phi) is 3.28. The molecular weight excluding hydrogens is 249 g/mol. The molecule has 1 aliphatic rings. The fourth-order valence-corrected chi connectivity index (χ4v) is 2.33. The number of nitrogens with two attached hydrogens (primary N) is 1. The second-order valence-electron chi connectivity index (χ2n) is 4.70. The van der Waals surface area contributed by atoms with Crippen LogP contribution >= 0.6 is 0 Å². The molecule has 2 rings (SSSR count). The zero-order valence-corrected chi connectivity index (χ0v) is 10.9. The minimum atomic E-state index is -1.18. The van der Waals surface area contributed by atoms with Crippen molar-refractivity contribution < 1.29 is 14.0 Å². The topological polar surface area (TPSA) is 75.4 Å². The molecule has 0 spiro atoms. The molecule has 102 valence electrons. The number of aryl methyl sites for hydroxylation is 1. The van der Waals surface area contributed by atoms with E-state index >= 15 is 0 Å². The van der Waals surface area contributed by atoms with E-state index in [0.29, 0.717) is 11.1 Å². The van der Waals surface area contributed by atoms with Crippen LogP contribution in [0.3, 0.4) is 0 Å². The lowest BCUT2D eigenvalue weighted by Crippen LogP contribution is -2.45. The van der Waals surface area contributed by atoms with Gasteiger partial charge in [0.15, 0.2) is 0 Å². The molecule has 0 aromatic heterocycles. The van der Waals surface area contributed by atoms with Crippen LogP contribution in [0.25, 0.3) is 0 Å². The molecule has 1 saturated heterocycles. The lowest BCUT2D eigenvalue weighted by molar-refractivity contribution is -0.130. The molecule has 3 amide bonds. The van der Waals surface area contributed by atoms with Gasteiger partial charge in [-0.3, -0.25) is 9.69 Å². The van der Waals surface area contributed by atoms with Crippen LogP contribution in [0.15, 0.2) is 18.2 Å². The Balaban J connectivity index is 2.54. The van der Waals surface area contributed by atoms with E-state index in [0.717, 1.165) is 4.90 Å². The number of amides is 3. The molecule has 0 saturated carbocycles. The monoisotopic (exact) mass is 265 g/mol. The molecule has 3 N–H and O–H groups in total. The Hall–Kier alpha value is -1.95. The third-order valence-corrected chi connectivity index (χ3v) is 3.46. The summed E-state index contributed by atoms with van der Waals surface area (Å²) in [6.45, 7) is 1.84. The molecule has 6 heteroatoms. The van der Waals surface area contributed by atoms with Crippen molar-refractivity contribution in [1.29, 1.82) is 0 Å². The molecule has 1 fully saturated rings. The first-order valence-corrected chi connectivity index (χ1v) is 5.99. The van der Waals surface area contributed by atoms with Gasteiger partial charge in [0.2, 0.25) is 0 Å². The van der Waals surface area contributed by atoms with E-state index in [-0.39, 0.29) is 24.7 Å². The summed E-state index contributed by atoms with van der Waals surface area (Å²) in [5, 5.41) is 2.67. The van der Waals surface area contributed by atoms with Crippen LogP contribution in [0, 0.1) is 12.7 Å². The molecular formula is C13H16FN3O2. The van der Waals surface area contributed by atoms with Crippen molar-refractivity contribution >= 4 is 11.9 Å². The number of nitrogens with zero attached hydrogens (tertiary/aromatic N) is 1. The zero-order chi connectivity index (χ0) is 14.2. The van der Waals surface area contributed by atoms with Gasteiger partial charge in [-0.05, 0) is 37.1 Å². The Morgan fingerprint density at radius 1 is 1.42 bits per heavy atom. The van der Waals surface area contributed by atoms with Crippen molar-refractivity contribution in [2.75, 3.05) is 13.6 Å². The highest BCUT2D eigenvalue weighted by atomic mass is 19.1. The number of urea groups is 1. The summed E-state index contributed by atoms with van der Waals surface area (Å²) < 4.78 is 13.3. The van der Waals surface area contributed by atoms with Crippen molar-refractivity contribution in [2.45, 2.75) is 18.9 Å². The molecule has 1 aromatic rings. The summed E-state index contributed by atoms with van der Waals surface area (Å²) in [5.41, 5.74) is 5.35. The maximum Gasteiger partial charge on any atom is 0.325 e. The van der Waals surface area contributed by atoms with Gasteiger partial charge < -0.3 is 11.1 Å². The van der Waals surface area contributed by atoms with Gasteiger partial charge in [0.05, 0.1) is 0 Å². The first-order chi connectivity index (χ1) is 8.92. The summed E-state index contributed by atoms with van der Waals surface area (Å²) in [6, 6.07) is 3.90. The fraction of sp³-hybridized carbons (Fsp3) is 0.385. The smallest absolute Gasteiger partial charge is 0.325 e. The number of rotatable bonds is 3. The summed E-state index contributed by atoms with van der Waals surface area (Å²) in [4.78, 5) is 25.0. The average Bonchev–Trinajstić information content (AvgIpc) is 2.59. The lowest BCUT2D eigenvalue weighted by atomic mass is 9.85. The van der Waals surface area contributed by atoms with E-state index in [1.54, 1.807) is 13.0 Å². The Bertz CT molecular complexity index is 547. The highest BCUT2D eigenvalue weighted by Gasteiger charge is 2.50. The third kappa shape index (κ3) is 1.98. The summed E-state index contributed by atoms with van der Waals surface area (Å²) in [6.07, 6.45) is 0.271. The number of carbonyl (C=O) groups excluding carboxylic acids is 2. The van der Waals surface area contributed by atoms with Crippen LogP contribution < -0.4 is 11.1 Å². The van der Waals surface area contributed by atoms with Crippen molar-refractivity contribution in [3.63, 3.8) is 0 Å². The molecule has 0 bridgehead atoms. The minimum absolute atomic E-state index is 0.232. The van der Waals surface area contributed by atoms with Gasteiger partial charge in [0, 0.05) is 7.05 Å². The first kappa shape index (κ1) is 13.5. The van der Waals surface area contributed by atoms with E-state index in [9.17, 15) is 14.0 Å². The van der Waals surface area contributed by atoms with Gasteiger partial charge in [-0.1, -0.05) is 12.1 Å². The highest BCUT2D eigenvalue weighted by molar-refractivity contribution is 6.07. The third-order valence-electron chi connectivity index (χ3n) is 3.46. The average molecular weight is 265 g/mol. The molecule has 0 aliphatic carbocycles. The Morgan fingerprint density at radius 2 is 2.11 bits per heavy atom. The summed E-state index contributed by atoms with van der Waals surface area (Å²) >= 11 is 0. The molecule has 1 aromatic carbocycles. The van der Waals surface area contributed by atoms with E-state index < -0.39 is 11.6 Å².